The molecule has 0 bridgehead atoms. The Hall–Kier alpha value is -0.780. The van der Waals surface area contributed by atoms with Gasteiger partial charge in [-0.2, -0.15) is 0 Å². The average Bonchev–Trinajstić information content (AvgIpc) is 2.49. The summed E-state index contributed by atoms with van der Waals surface area (Å²) >= 11 is 0. The van der Waals surface area contributed by atoms with E-state index in [-0.39, 0.29) is 0 Å². The Balaban J connectivity index is 2.46. The fraction of sp³-hybridized carbons (Fsp3) is 0.500. The number of benzene rings is 1. The van der Waals surface area contributed by atoms with E-state index in [1.54, 1.807) is 0 Å². The Morgan fingerprint density at radius 2 is 2.33 bits per heavy atom. The average molecular weight is 162 g/mol. The monoisotopic (exact) mass is 162 g/mol. The lowest BCUT2D eigenvalue weighted by Crippen LogP contribution is -2.01. The van der Waals surface area contributed by atoms with Crippen molar-refractivity contribution in [1.29, 1.82) is 0 Å². The lowest BCUT2D eigenvalue weighted by atomic mass is 9.90. The first-order chi connectivity index (χ1) is 6.20. The zero-order valence-corrected chi connectivity index (χ0v) is 7.80. The number of hydrogen-bond acceptors (Lipinski definition) is 0. The quantitative estimate of drug-likeness (QED) is 0.594. The third-order valence-electron chi connectivity index (χ3n) is 2.88. The van der Waals surface area contributed by atoms with Gasteiger partial charge >= 0.3 is 0 Å². The fourth-order valence-electron chi connectivity index (χ4n) is 2.17. The summed E-state index contributed by atoms with van der Waals surface area (Å²) in [7, 11) is 0. The van der Waals surface area contributed by atoms with E-state index in [1.807, 2.05) is 12.1 Å². The van der Waals surface area contributed by atoms with E-state index in [0.29, 0.717) is 11.8 Å². The third kappa shape index (κ3) is 1.16. The highest BCUT2D eigenvalue weighted by atomic mass is 14.3. The maximum atomic E-state index is 7.88. The molecule has 1 aromatic carbocycles. The largest absolute Gasteiger partial charge is 0.0626 e. The van der Waals surface area contributed by atoms with E-state index in [9.17, 15) is 0 Å². The molecule has 0 saturated carbocycles. The summed E-state index contributed by atoms with van der Waals surface area (Å²) < 4.78 is 7.88. The molecule has 0 fully saturated rings. The first-order valence-corrected chi connectivity index (χ1v) is 4.78. The van der Waals surface area contributed by atoms with Gasteiger partial charge in [0.15, 0.2) is 0 Å². The number of fused-ring (bicyclic) bond motifs is 1. The Morgan fingerprint density at radius 3 is 3.08 bits per heavy atom. The molecule has 1 aromatic rings. The molecule has 0 amide bonds. The third-order valence-corrected chi connectivity index (χ3v) is 2.88. The van der Waals surface area contributed by atoms with E-state index in [4.69, 9.17) is 1.37 Å². The van der Waals surface area contributed by atoms with Gasteiger partial charge in [0.2, 0.25) is 0 Å². The predicted octanol–water partition coefficient (Wildman–Crippen LogP) is 3.37. The molecule has 0 heteroatoms. The number of rotatable bonds is 1. The fourth-order valence-corrected chi connectivity index (χ4v) is 2.17. The molecule has 0 aromatic heterocycles. The van der Waals surface area contributed by atoms with E-state index >= 15 is 0 Å². The molecule has 64 valence electrons. The van der Waals surface area contributed by atoms with Gasteiger partial charge in [-0.1, -0.05) is 38.1 Å². The summed E-state index contributed by atoms with van der Waals surface area (Å²) in [4.78, 5) is 0. The molecule has 0 aliphatic heterocycles. The second kappa shape index (κ2) is 2.93. The topological polar surface area (TPSA) is 0 Å². The van der Waals surface area contributed by atoms with Crippen LogP contribution in [0.3, 0.4) is 0 Å². The summed E-state index contributed by atoms with van der Waals surface area (Å²) in [5, 5.41) is 0. The van der Waals surface area contributed by atoms with Gasteiger partial charge in [0.05, 0.1) is 1.37 Å². The molecule has 1 atom stereocenters. The molecule has 0 radical (unpaired) electrons. The lowest BCUT2D eigenvalue weighted by Gasteiger charge is -2.14. The van der Waals surface area contributed by atoms with Crippen LogP contribution < -0.4 is 0 Å². The van der Waals surface area contributed by atoms with Crippen molar-refractivity contribution in [2.24, 2.45) is 5.92 Å². The summed E-state index contributed by atoms with van der Waals surface area (Å²) in [6, 6.07) is 6.84. The van der Waals surface area contributed by atoms with Crippen molar-refractivity contribution in [3.63, 3.8) is 0 Å². The molecular weight excluding hydrogens is 144 g/mol. The van der Waals surface area contributed by atoms with Crippen LogP contribution in [0.4, 0.5) is 0 Å². The van der Waals surface area contributed by atoms with Gasteiger partial charge in [-0.15, -0.1) is 0 Å². The first-order valence-electron chi connectivity index (χ1n) is 5.28. The second-order valence-electron chi connectivity index (χ2n) is 4.00. The highest BCUT2D eigenvalue weighted by Crippen LogP contribution is 2.37. The highest BCUT2D eigenvalue weighted by molar-refractivity contribution is 5.34. The van der Waals surface area contributed by atoms with Crippen molar-refractivity contribution in [1.82, 2.24) is 0 Å². The van der Waals surface area contributed by atoms with Crippen LogP contribution in [-0.2, 0) is 6.42 Å². The Kier molecular flexibility index (Phi) is 1.64. The maximum Gasteiger partial charge on any atom is 0.0626 e. The van der Waals surface area contributed by atoms with Crippen molar-refractivity contribution in [2.75, 3.05) is 0 Å². The SMILES string of the molecule is [3H]c1cccc2c1C(C(C)C)CC2. The van der Waals surface area contributed by atoms with E-state index < -0.39 is 0 Å². The van der Waals surface area contributed by atoms with Gasteiger partial charge in [-0.05, 0) is 35.8 Å². The molecule has 1 unspecified atom stereocenters. The standard InChI is InChI=1S/C12H16/c1-9(2)11-8-7-10-5-3-4-6-12(10)11/h3-6,9,11H,7-8H2,1-2H3/i6T. The summed E-state index contributed by atoms with van der Waals surface area (Å²) in [6.45, 7) is 4.51. The molecule has 0 nitrogen and oxygen atoms in total. The number of aryl methyl sites for hydroxylation is 1. The van der Waals surface area contributed by atoms with Crippen molar-refractivity contribution >= 4 is 0 Å². The molecule has 0 N–H and O–H groups in total. The van der Waals surface area contributed by atoms with Gasteiger partial charge in [0, 0.05) is 0 Å². The molecule has 1 aliphatic carbocycles. The summed E-state index contributed by atoms with van der Waals surface area (Å²) in [5.41, 5.74) is 2.73. The molecule has 1 aliphatic rings. The zero-order chi connectivity index (χ0) is 9.42. The first kappa shape index (κ1) is 6.71. The van der Waals surface area contributed by atoms with Gasteiger partial charge < -0.3 is 0 Å². The minimum Gasteiger partial charge on any atom is -0.0622 e. The van der Waals surface area contributed by atoms with Crippen molar-refractivity contribution in [3.05, 3.63) is 35.4 Å². The van der Waals surface area contributed by atoms with Gasteiger partial charge in [-0.25, -0.2) is 0 Å². The Bertz CT molecular complexity index is 315. The summed E-state index contributed by atoms with van der Waals surface area (Å²) in [5.74, 6) is 1.30. The van der Waals surface area contributed by atoms with Crippen LogP contribution in [-0.4, -0.2) is 0 Å². The van der Waals surface area contributed by atoms with E-state index in [0.717, 1.165) is 6.04 Å². The normalized spacial score (nSPS) is 22.6. The molecule has 12 heavy (non-hydrogen) atoms. The van der Waals surface area contributed by atoms with Gasteiger partial charge in [0.1, 0.15) is 0 Å². The molecule has 0 heterocycles. The van der Waals surface area contributed by atoms with E-state index in [1.165, 1.54) is 24.0 Å². The Labute approximate surface area is 76.0 Å². The highest BCUT2D eigenvalue weighted by Gasteiger charge is 2.23. The van der Waals surface area contributed by atoms with Crippen LogP contribution >= 0.6 is 0 Å². The van der Waals surface area contributed by atoms with Crippen LogP contribution in [0.1, 0.15) is 38.7 Å². The van der Waals surface area contributed by atoms with Crippen LogP contribution in [0, 0.1) is 5.92 Å². The second-order valence-corrected chi connectivity index (χ2v) is 4.00. The van der Waals surface area contributed by atoms with Crippen LogP contribution in [0.15, 0.2) is 24.2 Å². The smallest absolute Gasteiger partial charge is 0.0622 e. The van der Waals surface area contributed by atoms with Crippen molar-refractivity contribution < 1.29 is 1.37 Å². The molecule has 2 rings (SSSR count). The van der Waals surface area contributed by atoms with Gasteiger partial charge in [-0.3, -0.25) is 0 Å². The predicted molar refractivity (Wildman–Crippen MR) is 52.3 cm³/mol. The zero-order valence-electron chi connectivity index (χ0n) is 8.80. The number of hydrogen-bond donors (Lipinski definition) is 0. The van der Waals surface area contributed by atoms with Crippen LogP contribution in [0.2, 0.25) is 0 Å². The minimum absolute atomic E-state index is 0.628. The minimum atomic E-state index is 0.628. The van der Waals surface area contributed by atoms with Crippen LogP contribution in [0.5, 0.6) is 0 Å². The summed E-state index contributed by atoms with van der Waals surface area (Å²) in [6.07, 6.45) is 2.41. The van der Waals surface area contributed by atoms with Gasteiger partial charge in [0.25, 0.3) is 0 Å². The lowest BCUT2D eigenvalue weighted by molar-refractivity contribution is 0.496. The van der Waals surface area contributed by atoms with Crippen LogP contribution in [0.25, 0.3) is 0 Å². The van der Waals surface area contributed by atoms with Crippen molar-refractivity contribution in [3.8, 4) is 0 Å². The maximum absolute atomic E-state index is 7.88. The molecular formula is C12H16. The molecule has 0 spiro atoms. The van der Waals surface area contributed by atoms with E-state index in [2.05, 4.69) is 19.9 Å². The van der Waals surface area contributed by atoms with Crippen molar-refractivity contribution in [2.45, 2.75) is 32.6 Å². The molecule has 0 saturated heterocycles. The Morgan fingerprint density at radius 1 is 1.50 bits per heavy atom.